The lowest BCUT2D eigenvalue weighted by molar-refractivity contribution is -0.133. The van der Waals surface area contributed by atoms with Crippen molar-refractivity contribution in [3.8, 4) is 11.3 Å². The number of nitrogens with one attached hydrogen (secondary N) is 1. The molecule has 0 saturated heterocycles. The highest BCUT2D eigenvalue weighted by molar-refractivity contribution is 6.00. The molecule has 6 nitrogen and oxygen atoms in total. The summed E-state index contributed by atoms with van der Waals surface area (Å²) >= 11 is 0. The molecule has 1 saturated carbocycles. The summed E-state index contributed by atoms with van der Waals surface area (Å²) in [4.78, 5) is 32.0. The van der Waals surface area contributed by atoms with E-state index in [2.05, 4.69) is 40.8 Å². The molecular weight excluding hydrogens is 436 g/mol. The van der Waals surface area contributed by atoms with Crippen molar-refractivity contribution in [1.82, 2.24) is 19.7 Å². The third-order valence-electron chi connectivity index (χ3n) is 8.04. The standard InChI is InChI=1S/C29H42N4O2/c1-4-31(5-2)20-21-33-27(34)26-19-18-25(23-14-10-9-11-15-23)32(26)22-29(33,3)28(35)30-24-16-12-7-6-8-13-17-24/h9-11,14-15,18-19,24H,4-8,12-13,16-17,20-22H2,1-3H3,(H,30,35). The highest BCUT2D eigenvalue weighted by Crippen LogP contribution is 2.33. The SMILES string of the molecule is CCN(CC)CCN1C(=O)c2ccc(-c3ccccc3)n2CC1(C)C(=O)NC1CCCCCCC1. The summed E-state index contributed by atoms with van der Waals surface area (Å²) in [6.45, 7) is 9.86. The van der Waals surface area contributed by atoms with Crippen molar-refractivity contribution in [2.45, 2.75) is 83.8 Å². The Morgan fingerprint density at radius 3 is 2.26 bits per heavy atom. The number of amides is 2. The lowest BCUT2D eigenvalue weighted by Gasteiger charge is -2.45. The van der Waals surface area contributed by atoms with Crippen LogP contribution in [-0.4, -0.2) is 63.9 Å². The summed E-state index contributed by atoms with van der Waals surface area (Å²) in [6, 6.07) is 14.3. The van der Waals surface area contributed by atoms with Gasteiger partial charge in [0.2, 0.25) is 5.91 Å². The van der Waals surface area contributed by atoms with E-state index in [4.69, 9.17) is 0 Å². The van der Waals surface area contributed by atoms with Crippen molar-refractivity contribution in [1.29, 1.82) is 0 Å². The number of likely N-dealkylation sites (N-methyl/N-ethyl adjacent to an activating group) is 1. The smallest absolute Gasteiger partial charge is 0.271 e. The van der Waals surface area contributed by atoms with Crippen LogP contribution in [0.25, 0.3) is 11.3 Å². The van der Waals surface area contributed by atoms with Gasteiger partial charge in [-0.3, -0.25) is 9.59 Å². The van der Waals surface area contributed by atoms with Crippen LogP contribution in [-0.2, 0) is 11.3 Å². The molecule has 6 heteroatoms. The van der Waals surface area contributed by atoms with Gasteiger partial charge in [-0.1, -0.05) is 76.3 Å². The zero-order chi connectivity index (χ0) is 24.8. The number of rotatable bonds is 8. The number of fused-ring (bicyclic) bond motifs is 1. The Balaban J connectivity index is 1.65. The minimum absolute atomic E-state index is 0.0191. The number of aromatic nitrogens is 1. The molecule has 2 amide bonds. The fraction of sp³-hybridized carbons (Fsp3) is 0.586. The van der Waals surface area contributed by atoms with E-state index >= 15 is 0 Å². The van der Waals surface area contributed by atoms with Gasteiger partial charge in [-0.2, -0.15) is 0 Å². The van der Waals surface area contributed by atoms with Gasteiger partial charge in [-0.15, -0.1) is 0 Å². The Kier molecular flexibility index (Phi) is 8.32. The molecule has 4 rings (SSSR count). The van der Waals surface area contributed by atoms with Crippen LogP contribution >= 0.6 is 0 Å². The van der Waals surface area contributed by atoms with Crippen LogP contribution in [0.2, 0.25) is 0 Å². The Morgan fingerprint density at radius 1 is 0.971 bits per heavy atom. The topological polar surface area (TPSA) is 57.6 Å². The maximum absolute atomic E-state index is 14.0. The van der Waals surface area contributed by atoms with E-state index in [0.717, 1.165) is 56.6 Å². The van der Waals surface area contributed by atoms with Gasteiger partial charge >= 0.3 is 0 Å². The Morgan fingerprint density at radius 2 is 1.60 bits per heavy atom. The first kappa shape index (κ1) is 25.5. The molecule has 35 heavy (non-hydrogen) atoms. The molecule has 1 aliphatic heterocycles. The Hall–Kier alpha value is -2.60. The van der Waals surface area contributed by atoms with Gasteiger partial charge in [0.1, 0.15) is 11.2 Å². The van der Waals surface area contributed by atoms with Crippen LogP contribution in [0.5, 0.6) is 0 Å². The predicted molar refractivity (Wildman–Crippen MR) is 141 cm³/mol. The minimum Gasteiger partial charge on any atom is -0.351 e. The summed E-state index contributed by atoms with van der Waals surface area (Å²) < 4.78 is 2.06. The van der Waals surface area contributed by atoms with E-state index in [1.165, 1.54) is 19.3 Å². The molecule has 0 bridgehead atoms. The third kappa shape index (κ3) is 5.48. The van der Waals surface area contributed by atoms with Crippen LogP contribution in [0.1, 0.15) is 76.2 Å². The number of nitrogens with zero attached hydrogens (tertiary/aromatic N) is 3. The van der Waals surface area contributed by atoms with Crippen molar-refractivity contribution in [2.75, 3.05) is 26.2 Å². The largest absolute Gasteiger partial charge is 0.351 e. The van der Waals surface area contributed by atoms with Crippen LogP contribution in [0, 0.1) is 0 Å². The van der Waals surface area contributed by atoms with Gasteiger partial charge in [-0.25, -0.2) is 0 Å². The molecule has 2 heterocycles. The van der Waals surface area contributed by atoms with Crippen LogP contribution < -0.4 is 5.32 Å². The van der Waals surface area contributed by atoms with Crippen molar-refractivity contribution in [3.63, 3.8) is 0 Å². The number of hydrogen-bond acceptors (Lipinski definition) is 3. The van der Waals surface area contributed by atoms with Gasteiger partial charge in [0.15, 0.2) is 0 Å². The molecule has 190 valence electrons. The summed E-state index contributed by atoms with van der Waals surface area (Å²) in [7, 11) is 0. The van der Waals surface area contributed by atoms with Crippen molar-refractivity contribution in [3.05, 3.63) is 48.2 Å². The van der Waals surface area contributed by atoms with E-state index in [9.17, 15) is 9.59 Å². The van der Waals surface area contributed by atoms with Gasteiger partial charge in [0.05, 0.1) is 6.54 Å². The van der Waals surface area contributed by atoms with Crippen LogP contribution in [0.15, 0.2) is 42.5 Å². The van der Waals surface area contributed by atoms with Crippen LogP contribution in [0.4, 0.5) is 0 Å². The lowest BCUT2D eigenvalue weighted by Crippen LogP contribution is -2.65. The number of hydrogen-bond donors (Lipinski definition) is 1. The zero-order valence-corrected chi connectivity index (χ0v) is 21.8. The fourth-order valence-electron chi connectivity index (χ4n) is 5.71. The van der Waals surface area contributed by atoms with E-state index < -0.39 is 5.54 Å². The first-order valence-corrected chi connectivity index (χ1v) is 13.6. The average Bonchev–Trinajstić information content (AvgIpc) is 3.27. The quantitative estimate of drug-likeness (QED) is 0.585. The molecule has 1 aliphatic carbocycles. The molecule has 0 radical (unpaired) electrons. The van der Waals surface area contributed by atoms with E-state index in [0.29, 0.717) is 18.8 Å². The van der Waals surface area contributed by atoms with E-state index in [1.807, 2.05) is 42.2 Å². The molecule has 0 spiro atoms. The van der Waals surface area contributed by atoms with Gasteiger partial charge < -0.3 is 19.7 Å². The fourth-order valence-corrected chi connectivity index (χ4v) is 5.71. The highest BCUT2D eigenvalue weighted by atomic mass is 16.2. The Bertz CT molecular complexity index is 989. The number of carbonyl (C=O) groups excluding carboxylic acids is 2. The zero-order valence-electron chi connectivity index (χ0n) is 21.8. The molecule has 1 atom stereocenters. The molecule has 2 aliphatic rings. The predicted octanol–water partition coefficient (Wildman–Crippen LogP) is 4.94. The van der Waals surface area contributed by atoms with Gasteiger partial charge in [0.25, 0.3) is 5.91 Å². The molecule has 1 aromatic heterocycles. The number of benzene rings is 1. The van der Waals surface area contributed by atoms with Gasteiger partial charge in [0, 0.05) is 24.8 Å². The molecule has 2 aromatic rings. The summed E-state index contributed by atoms with van der Waals surface area (Å²) in [5.74, 6) is -0.0739. The number of carbonyl (C=O) groups is 2. The monoisotopic (exact) mass is 478 g/mol. The Labute approximate surface area is 210 Å². The maximum Gasteiger partial charge on any atom is 0.271 e. The van der Waals surface area contributed by atoms with E-state index in [1.54, 1.807) is 0 Å². The van der Waals surface area contributed by atoms with Crippen LogP contribution in [0.3, 0.4) is 0 Å². The van der Waals surface area contributed by atoms with Crippen molar-refractivity contribution >= 4 is 11.8 Å². The molecule has 1 fully saturated rings. The van der Waals surface area contributed by atoms with Crippen molar-refractivity contribution < 1.29 is 9.59 Å². The average molecular weight is 479 g/mol. The summed E-state index contributed by atoms with van der Waals surface area (Å²) in [5.41, 5.74) is 1.77. The minimum atomic E-state index is -0.942. The second kappa shape index (κ2) is 11.4. The van der Waals surface area contributed by atoms with Gasteiger partial charge in [-0.05, 0) is 50.6 Å². The molecule has 1 unspecified atom stereocenters. The molecular formula is C29H42N4O2. The van der Waals surface area contributed by atoms with Crippen molar-refractivity contribution in [2.24, 2.45) is 0 Å². The summed E-state index contributed by atoms with van der Waals surface area (Å²) in [6.07, 6.45) is 8.15. The highest BCUT2D eigenvalue weighted by Gasteiger charge is 2.48. The normalized spacial score (nSPS) is 21.5. The first-order valence-electron chi connectivity index (χ1n) is 13.6. The maximum atomic E-state index is 14.0. The lowest BCUT2D eigenvalue weighted by atomic mass is 9.92. The second-order valence-electron chi connectivity index (χ2n) is 10.3. The summed E-state index contributed by atoms with van der Waals surface area (Å²) in [5, 5.41) is 3.39. The third-order valence-corrected chi connectivity index (χ3v) is 8.04. The van der Waals surface area contributed by atoms with E-state index in [-0.39, 0.29) is 17.9 Å². The first-order chi connectivity index (χ1) is 17.0. The molecule has 1 aromatic carbocycles. The molecule has 1 N–H and O–H groups in total. The second-order valence-corrected chi connectivity index (χ2v) is 10.3.